The zero-order valence-electron chi connectivity index (χ0n) is 17.9. The number of aromatic amines is 2. The van der Waals surface area contributed by atoms with E-state index in [1.165, 1.54) is 24.5 Å². The van der Waals surface area contributed by atoms with Crippen LogP contribution >= 0.6 is 0 Å². The van der Waals surface area contributed by atoms with Crippen molar-refractivity contribution in [2.75, 3.05) is 0 Å². The average Bonchev–Trinajstić information content (AvgIpc) is 3.35. The van der Waals surface area contributed by atoms with Crippen molar-refractivity contribution in [3.63, 3.8) is 0 Å². The zero-order valence-corrected chi connectivity index (χ0v) is 17.9. The molecule has 0 aliphatic heterocycles. The van der Waals surface area contributed by atoms with Crippen LogP contribution in [0.1, 0.15) is 21.6 Å². The zero-order chi connectivity index (χ0) is 25.0. The van der Waals surface area contributed by atoms with Crippen LogP contribution in [0.4, 0.5) is 13.2 Å². The van der Waals surface area contributed by atoms with Crippen molar-refractivity contribution in [3.05, 3.63) is 105 Å². The smallest absolute Gasteiger partial charge is 0.405 e. The van der Waals surface area contributed by atoms with Crippen LogP contribution in [0.5, 0.6) is 5.75 Å². The summed E-state index contributed by atoms with van der Waals surface area (Å²) in [6.07, 6.45) is -2.02. The molecule has 0 unspecified atom stereocenters. The van der Waals surface area contributed by atoms with Crippen molar-refractivity contribution in [3.8, 4) is 16.9 Å². The number of ether oxygens (including phenoxy) is 1. The van der Waals surface area contributed by atoms with Crippen LogP contribution in [-0.2, 0) is 13.1 Å². The van der Waals surface area contributed by atoms with Gasteiger partial charge < -0.3 is 15.0 Å². The fourth-order valence-electron chi connectivity index (χ4n) is 3.34. The molecule has 0 saturated heterocycles. The molecular weight excluding hydrogens is 467 g/mol. The van der Waals surface area contributed by atoms with Crippen molar-refractivity contribution < 1.29 is 22.7 Å². The predicted octanol–water partition coefficient (Wildman–Crippen LogP) is 2.80. The molecule has 0 fully saturated rings. The van der Waals surface area contributed by atoms with Gasteiger partial charge in [-0.25, -0.2) is 4.79 Å². The summed E-state index contributed by atoms with van der Waals surface area (Å²) in [6.45, 7) is -0.344. The van der Waals surface area contributed by atoms with Crippen LogP contribution in [0.3, 0.4) is 0 Å². The van der Waals surface area contributed by atoms with E-state index >= 15 is 0 Å². The van der Waals surface area contributed by atoms with Gasteiger partial charge in [-0.2, -0.15) is 5.10 Å². The summed E-state index contributed by atoms with van der Waals surface area (Å²) in [5.74, 6) is -1.36. The number of hydrogen-bond donors (Lipinski definition) is 3. The molecule has 0 atom stereocenters. The molecule has 2 aromatic heterocycles. The molecule has 9 nitrogen and oxygen atoms in total. The SMILES string of the molecule is O=C(NCc1ccc(-c2cn[nH]c2)cc1OC(F)(F)F)c1cc(=O)n(Cc2ccccc2)c(=O)[nH]1. The lowest BCUT2D eigenvalue weighted by Gasteiger charge is -2.15. The van der Waals surface area contributed by atoms with Crippen LogP contribution in [0.2, 0.25) is 0 Å². The van der Waals surface area contributed by atoms with Crippen LogP contribution < -0.4 is 21.3 Å². The van der Waals surface area contributed by atoms with Gasteiger partial charge in [0.1, 0.15) is 11.4 Å². The first-order chi connectivity index (χ1) is 16.7. The minimum atomic E-state index is -4.96. The normalized spacial score (nSPS) is 11.3. The van der Waals surface area contributed by atoms with Gasteiger partial charge in [0.15, 0.2) is 0 Å². The van der Waals surface area contributed by atoms with Crippen molar-refractivity contribution in [1.29, 1.82) is 0 Å². The van der Waals surface area contributed by atoms with Gasteiger partial charge >= 0.3 is 12.1 Å². The van der Waals surface area contributed by atoms with Crippen LogP contribution in [0, 0.1) is 0 Å². The van der Waals surface area contributed by atoms with Gasteiger partial charge in [-0.05, 0) is 17.2 Å². The fraction of sp³-hybridized carbons (Fsp3) is 0.130. The highest BCUT2D eigenvalue weighted by molar-refractivity contribution is 5.92. The number of halogens is 3. The summed E-state index contributed by atoms with van der Waals surface area (Å²) < 4.78 is 43.9. The highest BCUT2D eigenvalue weighted by Gasteiger charge is 2.32. The molecule has 4 rings (SSSR count). The molecule has 2 aromatic carbocycles. The topological polar surface area (TPSA) is 122 Å². The Morgan fingerprint density at radius 2 is 1.83 bits per heavy atom. The van der Waals surface area contributed by atoms with E-state index in [0.29, 0.717) is 16.7 Å². The third kappa shape index (κ3) is 5.85. The molecule has 35 heavy (non-hydrogen) atoms. The first kappa shape index (κ1) is 23.5. The maximum absolute atomic E-state index is 12.9. The van der Waals surface area contributed by atoms with Gasteiger partial charge in [0.2, 0.25) is 0 Å². The number of alkyl halides is 3. The molecule has 0 saturated carbocycles. The summed E-state index contributed by atoms with van der Waals surface area (Å²) in [7, 11) is 0. The average molecular weight is 485 g/mol. The molecule has 12 heteroatoms. The minimum absolute atomic E-state index is 0.0120. The molecule has 4 aromatic rings. The van der Waals surface area contributed by atoms with E-state index in [1.807, 2.05) is 0 Å². The molecule has 2 heterocycles. The molecular formula is C23H18F3N5O4. The number of aromatic nitrogens is 4. The molecule has 1 amide bonds. The van der Waals surface area contributed by atoms with Gasteiger partial charge in [0, 0.05) is 29.9 Å². The predicted molar refractivity (Wildman–Crippen MR) is 119 cm³/mol. The lowest BCUT2D eigenvalue weighted by Crippen LogP contribution is -2.38. The molecule has 180 valence electrons. The van der Waals surface area contributed by atoms with Gasteiger partial charge in [0.25, 0.3) is 11.5 Å². The van der Waals surface area contributed by atoms with Gasteiger partial charge in [-0.1, -0.05) is 42.5 Å². The highest BCUT2D eigenvalue weighted by atomic mass is 19.4. The van der Waals surface area contributed by atoms with E-state index in [4.69, 9.17) is 0 Å². The maximum atomic E-state index is 12.9. The number of nitrogens with zero attached hydrogens (tertiary/aromatic N) is 2. The lowest BCUT2D eigenvalue weighted by atomic mass is 10.1. The first-order valence-corrected chi connectivity index (χ1v) is 10.2. The van der Waals surface area contributed by atoms with E-state index in [9.17, 15) is 27.6 Å². The summed E-state index contributed by atoms with van der Waals surface area (Å²) >= 11 is 0. The second-order valence-electron chi connectivity index (χ2n) is 7.44. The number of amides is 1. The standard InChI is InChI=1S/C23H18F3N5O4/c24-23(25,26)35-19-8-15(17-11-28-29-12-17)6-7-16(19)10-27-21(33)18-9-20(32)31(22(34)30-18)13-14-4-2-1-3-5-14/h1-9,11-12H,10,13H2,(H,27,33)(H,28,29)(H,30,34). The van der Waals surface area contributed by atoms with Crippen molar-refractivity contribution >= 4 is 5.91 Å². The number of H-pyrrole nitrogens is 2. The van der Waals surface area contributed by atoms with Crippen LogP contribution in [0.15, 0.2) is 76.6 Å². The summed E-state index contributed by atoms with van der Waals surface area (Å²) in [5, 5.41) is 8.73. The molecule has 0 spiro atoms. The summed E-state index contributed by atoms with van der Waals surface area (Å²) in [4.78, 5) is 39.7. The van der Waals surface area contributed by atoms with E-state index in [0.717, 1.165) is 10.6 Å². The monoisotopic (exact) mass is 485 g/mol. The Bertz CT molecular complexity index is 1410. The number of carbonyl (C=O) groups is 1. The van der Waals surface area contributed by atoms with Gasteiger partial charge in [-0.15, -0.1) is 13.2 Å². The second kappa shape index (κ2) is 9.71. The third-order valence-electron chi connectivity index (χ3n) is 5.01. The summed E-state index contributed by atoms with van der Waals surface area (Å²) in [5.41, 5.74) is -0.111. The molecule has 0 aliphatic carbocycles. The Kier molecular flexibility index (Phi) is 6.53. The number of carbonyl (C=O) groups excluding carboxylic acids is 1. The molecule has 0 aliphatic rings. The first-order valence-electron chi connectivity index (χ1n) is 10.2. The number of benzene rings is 2. The molecule has 0 radical (unpaired) electrons. The van der Waals surface area contributed by atoms with E-state index in [1.54, 1.807) is 36.4 Å². The Morgan fingerprint density at radius 3 is 2.49 bits per heavy atom. The van der Waals surface area contributed by atoms with Crippen molar-refractivity contribution in [2.45, 2.75) is 19.5 Å². The lowest BCUT2D eigenvalue weighted by molar-refractivity contribution is -0.274. The minimum Gasteiger partial charge on any atom is -0.405 e. The van der Waals surface area contributed by atoms with Crippen LogP contribution in [-0.4, -0.2) is 32.0 Å². The van der Waals surface area contributed by atoms with E-state index < -0.39 is 29.3 Å². The van der Waals surface area contributed by atoms with Crippen molar-refractivity contribution in [1.82, 2.24) is 25.1 Å². The van der Waals surface area contributed by atoms with Crippen LogP contribution in [0.25, 0.3) is 11.1 Å². The Hall–Kier alpha value is -4.61. The number of rotatable bonds is 7. The molecule has 0 bridgehead atoms. The third-order valence-corrected chi connectivity index (χ3v) is 5.01. The number of nitrogens with one attached hydrogen (secondary N) is 3. The second-order valence-corrected chi connectivity index (χ2v) is 7.44. The Morgan fingerprint density at radius 1 is 1.06 bits per heavy atom. The van der Waals surface area contributed by atoms with Gasteiger partial charge in [0.05, 0.1) is 12.7 Å². The largest absolute Gasteiger partial charge is 0.573 e. The highest BCUT2D eigenvalue weighted by Crippen LogP contribution is 2.31. The fourth-order valence-corrected chi connectivity index (χ4v) is 3.34. The quantitative estimate of drug-likeness (QED) is 0.372. The Balaban J connectivity index is 1.53. The summed E-state index contributed by atoms with van der Waals surface area (Å²) in [6, 6.07) is 13.8. The van der Waals surface area contributed by atoms with Crippen molar-refractivity contribution in [2.24, 2.45) is 0 Å². The maximum Gasteiger partial charge on any atom is 0.573 e. The van der Waals surface area contributed by atoms with E-state index in [2.05, 4.69) is 25.2 Å². The van der Waals surface area contributed by atoms with Gasteiger partial charge in [-0.3, -0.25) is 19.3 Å². The number of hydrogen-bond acceptors (Lipinski definition) is 5. The molecule has 3 N–H and O–H groups in total. The Labute approximate surface area is 195 Å². The van der Waals surface area contributed by atoms with E-state index in [-0.39, 0.29) is 24.3 Å².